The highest BCUT2D eigenvalue weighted by atomic mass is 16.5. The molecule has 0 aliphatic carbocycles. The number of fused-ring (bicyclic) bond motifs is 1. The summed E-state index contributed by atoms with van der Waals surface area (Å²) >= 11 is 0. The quantitative estimate of drug-likeness (QED) is 0.767. The van der Waals surface area contributed by atoms with E-state index in [4.69, 9.17) is 9.15 Å². The van der Waals surface area contributed by atoms with Crippen LogP contribution in [0.4, 0.5) is 0 Å². The van der Waals surface area contributed by atoms with Crippen LogP contribution in [-0.4, -0.2) is 5.11 Å². The Kier molecular flexibility index (Phi) is 2.88. The van der Waals surface area contributed by atoms with Crippen molar-refractivity contribution in [1.29, 1.82) is 0 Å². The summed E-state index contributed by atoms with van der Waals surface area (Å²) in [5.41, 5.74) is 1.86. The van der Waals surface area contributed by atoms with Crippen LogP contribution in [0.15, 0.2) is 52.9 Å². The molecule has 96 valence electrons. The minimum absolute atomic E-state index is 0.225. The van der Waals surface area contributed by atoms with E-state index in [-0.39, 0.29) is 5.75 Å². The highest BCUT2D eigenvalue weighted by Crippen LogP contribution is 2.28. The van der Waals surface area contributed by atoms with Gasteiger partial charge in [0, 0.05) is 0 Å². The van der Waals surface area contributed by atoms with Crippen molar-refractivity contribution in [2.24, 2.45) is 0 Å². The molecule has 0 aliphatic rings. The zero-order valence-electron chi connectivity index (χ0n) is 10.6. The van der Waals surface area contributed by atoms with E-state index in [2.05, 4.69) is 0 Å². The first-order valence-corrected chi connectivity index (χ1v) is 6.12. The van der Waals surface area contributed by atoms with Crippen LogP contribution in [0.25, 0.3) is 11.0 Å². The molecular weight excluding hydrogens is 240 g/mol. The van der Waals surface area contributed by atoms with Crippen molar-refractivity contribution in [2.75, 3.05) is 0 Å². The SMILES string of the molecule is Cc1ccc(OCc2cc3c(O)cccc3o2)cc1. The lowest BCUT2D eigenvalue weighted by Gasteiger charge is -2.03. The van der Waals surface area contributed by atoms with Gasteiger partial charge in [-0.2, -0.15) is 0 Å². The van der Waals surface area contributed by atoms with Gasteiger partial charge in [0.05, 0.1) is 5.39 Å². The first-order chi connectivity index (χ1) is 9.22. The van der Waals surface area contributed by atoms with Crippen LogP contribution < -0.4 is 4.74 Å². The topological polar surface area (TPSA) is 42.6 Å². The van der Waals surface area contributed by atoms with Gasteiger partial charge in [0.1, 0.15) is 29.4 Å². The summed E-state index contributed by atoms with van der Waals surface area (Å²) in [4.78, 5) is 0. The van der Waals surface area contributed by atoms with Gasteiger partial charge in [0.25, 0.3) is 0 Å². The number of phenols is 1. The van der Waals surface area contributed by atoms with E-state index in [1.54, 1.807) is 18.2 Å². The fourth-order valence-electron chi connectivity index (χ4n) is 1.96. The van der Waals surface area contributed by atoms with Crippen LogP contribution in [0.2, 0.25) is 0 Å². The molecule has 0 radical (unpaired) electrons. The summed E-state index contributed by atoms with van der Waals surface area (Å²) in [5, 5.41) is 10.4. The molecule has 3 aromatic rings. The molecule has 0 fully saturated rings. The predicted octanol–water partition coefficient (Wildman–Crippen LogP) is 4.03. The van der Waals surface area contributed by atoms with Crippen LogP contribution in [0.3, 0.4) is 0 Å². The molecular formula is C16H14O3. The molecule has 0 unspecified atom stereocenters. The highest BCUT2D eigenvalue weighted by Gasteiger charge is 2.07. The van der Waals surface area contributed by atoms with E-state index < -0.39 is 0 Å². The Morgan fingerprint density at radius 3 is 2.63 bits per heavy atom. The van der Waals surface area contributed by atoms with E-state index in [0.717, 1.165) is 5.75 Å². The number of hydrogen-bond acceptors (Lipinski definition) is 3. The molecule has 0 aliphatic heterocycles. The molecule has 3 nitrogen and oxygen atoms in total. The van der Waals surface area contributed by atoms with Gasteiger partial charge in [-0.15, -0.1) is 0 Å². The van der Waals surface area contributed by atoms with Gasteiger partial charge >= 0.3 is 0 Å². The zero-order valence-corrected chi connectivity index (χ0v) is 10.6. The number of phenolic OH excluding ortho intramolecular Hbond substituents is 1. The summed E-state index contributed by atoms with van der Waals surface area (Å²) in [5.74, 6) is 1.72. The largest absolute Gasteiger partial charge is 0.507 e. The third-order valence-electron chi connectivity index (χ3n) is 2.99. The number of hydrogen-bond donors (Lipinski definition) is 1. The van der Waals surface area contributed by atoms with Gasteiger partial charge in [-0.1, -0.05) is 23.8 Å². The Morgan fingerprint density at radius 2 is 1.89 bits per heavy atom. The Morgan fingerprint density at radius 1 is 1.11 bits per heavy atom. The molecule has 0 atom stereocenters. The molecule has 1 heterocycles. The molecule has 2 aromatic carbocycles. The van der Waals surface area contributed by atoms with Gasteiger partial charge in [0.2, 0.25) is 0 Å². The van der Waals surface area contributed by atoms with Crippen molar-refractivity contribution >= 4 is 11.0 Å². The Labute approximate surface area is 111 Å². The summed E-state index contributed by atoms with van der Waals surface area (Å²) in [6.45, 7) is 2.38. The Hall–Kier alpha value is -2.42. The van der Waals surface area contributed by atoms with Crippen molar-refractivity contribution < 1.29 is 14.3 Å². The maximum atomic E-state index is 9.70. The van der Waals surface area contributed by atoms with Crippen molar-refractivity contribution in [3.8, 4) is 11.5 Å². The molecule has 1 N–H and O–H groups in total. The predicted molar refractivity (Wildman–Crippen MR) is 73.4 cm³/mol. The maximum absolute atomic E-state index is 9.70. The average Bonchev–Trinajstić information content (AvgIpc) is 2.83. The second-order valence-corrected chi connectivity index (χ2v) is 4.50. The lowest BCUT2D eigenvalue weighted by molar-refractivity contribution is 0.274. The lowest BCUT2D eigenvalue weighted by atomic mass is 10.2. The first-order valence-electron chi connectivity index (χ1n) is 6.12. The number of furan rings is 1. The lowest BCUT2D eigenvalue weighted by Crippen LogP contribution is -1.93. The molecule has 0 bridgehead atoms. The van der Waals surface area contributed by atoms with E-state index in [1.807, 2.05) is 37.3 Å². The fourth-order valence-corrected chi connectivity index (χ4v) is 1.96. The van der Waals surface area contributed by atoms with Crippen LogP contribution in [0.1, 0.15) is 11.3 Å². The van der Waals surface area contributed by atoms with Crippen molar-refractivity contribution in [1.82, 2.24) is 0 Å². The normalized spacial score (nSPS) is 10.8. The minimum atomic E-state index is 0.225. The smallest absolute Gasteiger partial charge is 0.146 e. The maximum Gasteiger partial charge on any atom is 0.146 e. The summed E-state index contributed by atoms with van der Waals surface area (Å²) < 4.78 is 11.3. The van der Waals surface area contributed by atoms with E-state index in [1.165, 1.54) is 5.56 Å². The van der Waals surface area contributed by atoms with E-state index in [9.17, 15) is 5.11 Å². The molecule has 0 spiro atoms. The molecule has 3 heteroatoms. The number of ether oxygens (including phenoxy) is 1. The monoisotopic (exact) mass is 254 g/mol. The van der Waals surface area contributed by atoms with Gasteiger partial charge in [-0.25, -0.2) is 0 Å². The van der Waals surface area contributed by atoms with Crippen molar-refractivity contribution in [3.05, 3.63) is 59.9 Å². The summed E-state index contributed by atoms with van der Waals surface area (Å²) in [6, 6.07) is 14.9. The molecule has 19 heavy (non-hydrogen) atoms. The van der Waals surface area contributed by atoms with Gasteiger partial charge in [-0.05, 0) is 37.3 Å². The molecule has 0 saturated heterocycles. The fraction of sp³-hybridized carbons (Fsp3) is 0.125. The number of aryl methyl sites for hydroxylation is 1. The average molecular weight is 254 g/mol. The van der Waals surface area contributed by atoms with Crippen molar-refractivity contribution in [2.45, 2.75) is 13.5 Å². The standard InChI is InChI=1S/C16H14O3/c1-11-5-7-12(8-6-11)18-10-13-9-14-15(17)3-2-4-16(14)19-13/h2-9,17H,10H2,1H3. The third-order valence-corrected chi connectivity index (χ3v) is 2.99. The van der Waals surface area contributed by atoms with Crippen molar-refractivity contribution in [3.63, 3.8) is 0 Å². The number of benzene rings is 2. The summed E-state index contributed by atoms with van der Waals surface area (Å²) in [6.07, 6.45) is 0. The van der Waals surface area contributed by atoms with Gasteiger partial charge < -0.3 is 14.3 Å². The molecule has 0 saturated carbocycles. The Bertz CT molecular complexity index is 696. The van der Waals surface area contributed by atoms with Crippen LogP contribution in [0, 0.1) is 6.92 Å². The minimum Gasteiger partial charge on any atom is -0.507 e. The van der Waals surface area contributed by atoms with Crippen LogP contribution in [0.5, 0.6) is 11.5 Å². The number of aromatic hydroxyl groups is 1. The zero-order chi connectivity index (χ0) is 13.2. The second kappa shape index (κ2) is 4.69. The summed E-state index contributed by atoms with van der Waals surface area (Å²) in [7, 11) is 0. The van der Waals surface area contributed by atoms with Gasteiger partial charge in [-0.3, -0.25) is 0 Å². The second-order valence-electron chi connectivity index (χ2n) is 4.50. The third kappa shape index (κ3) is 2.40. The molecule has 1 aromatic heterocycles. The van der Waals surface area contributed by atoms with E-state index >= 15 is 0 Å². The highest BCUT2D eigenvalue weighted by molar-refractivity contribution is 5.84. The van der Waals surface area contributed by atoms with Crippen LogP contribution in [-0.2, 0) is 6.61 Å². The van der Waals surface area contributed by atoms with E-state index in [0.29, 0.717) is 23.3 Å². The molecule has 0 amide bonds. The Balaban J connectivity index is 1.78. The van der Waals surface area contributed by atoms with Crippen LogP contribution >= 0.6 is 0 Å². The number of rotatable bonds is 3. The first kappa shape index (κ1) is 11.7. The van der Waals surface area contributed by atoms with Gasteiger partial charge in [0.15, 0.2) is 0 Å². The molecule has 3 rings (SSSR count).